The molecule has 8 nitrogen and oxygen atoms in total. The summed E-state index contributed by atoms with van der Waals surface area (Å²) in [6.07, 6.45) is 3.97. The van der Waals surface area contributed by atoms with E-state index in [1.807, 2.05) is 67.8 Å². The molecule has 0 saturated heterocycles. The van der Waals surface area contributed by atoms with E-state index in [2.05, 4.69) is 10.1 Å². The predicted octanol–water partition coefficient (Wildman–Crippen LogP) is 2.26. The van der Waals surface area contributed by atoms with Gasteiger partial charge in [0.05, 0.1) is 5.69 Å². The highest BCUT2D eigenvalue weighted by Crippen LogP contribution is 2.20. The van der Waals surface area contributed by atoms with Crippen LogP contribution in [0.1, 0.15) is 22.5 Å². The van der Waals surface area contributed by atoms with Crippen LogP contribution in [0.25, 0.3) is 23.2 Å². The van der Waals surface area contributed by atoms with Crippen molar-refractivity contribution in [3.63, 3.8) is 0 Å². The summed E-state index contributed by atoms with van der Waals surface area (Å²) in [6, 6.07) is 9.94. The molecule has 0 atom stereocenters. The topological polar surface area (TPSA) is 79.6 Å². The minimum Gasteiger partial charge on any atom is -0.299 e. The lowest BCUT2D eigenvalue weighted by atomic mass is 10.2. The Kier molecular flexibility index (Phi) is 4.77. The van der Waals surface area contributed by atoms with Gasteiger partial charge in [0.15, 0.2) is 11.2 Å². The first-order valence-electron chi connectivity index (χ1n) is 9.72. The van der Waals surface area contributed by atoms with Gasteiger partial charge in [-0.15, -0.1) is 0 Å². The van der Waals surface area contributed by atoms with Crippen LogP contribution in [-0.4, -0.2) is 28.5 Å². The smallest absolute Gasteiger partial charge is 0.299 e. The number of imidazole rings is 1. The first-order valence-corrected chi connectivity index (χ1v) is 9.72. The van der Waals surface area contributed by atoms with Crippen molar-refractivity contribution >= 4 is 17.2 Å². The lowest BCUT2D eigenvalue weighted by Crippen LogP contribution is -2.37. The lowest BCUT2D eigenvalue weighted by Gasteiger charge is -2.08. The Morgan fingerprint density at radius 2 is 1.70 bits per heavy atom. The molecule has 8 heteroatoms. The molecule has 4 rings (SSSR count). The molecule has 3 heterocycles. The van der Waals surface area contributed by atoms with Crippen molar-refractivity contribution in [2.24, 2.45) is 14.1 Å². The van der Waals surface area contributed by atoms with Gasteiger partial charge in [-0.25, -0.2) is 9.48 Å². The monoisotopic (exact) mass is 404 g/mol. The van der Waals surface area contributed by atoms with Crippen molar-refractivity contribution in [2.45, 2.75) is 27.3 Å². The molecule has 0 aliphatic carbocycles. The maximum Gasteiger partial charge on any atom is 0.332 e. The molecule has 0 bridgehead atoms. The second-order valence-corrected chi connectivity index (χ2v) is 7.42. The van der Waals surface area contributed by atoms with E-state index in [9.17, 15) is 9.59 Å². The first-order chi connectivity index (χ1) is 14.3. The van der Waals surface area contributed by atoms with Crippen LogP contribution >= 0.6 is 0 Å². The summed E-state index contributed by atoms with van der Waals surface area (Å²) in [6.45, 7) is 6.32. The molecule has 4 aromatic rings. The van der Waals surface area contributed by atoms with Gasteiger partial charge in [0, 0.05) is 26.3 Å². The van der Waals surface area contributed by atoms with Crippen LogP contribution in [0.4, 0.5) is 0 Å². The van der Waals surface area contributed by atoms with Crippen LogP contribution in [0.5, 0.6) is 0 Å². The summed E-state index contributed by atoms with van der Waals surface area (Å²) in [7, 11) is 3.10. The van der Waals surface area contributed by atoms with Gasteiger partial charge in [-0.05, 0) is 31.9 Å². The Morgan fingerprint density at radius 3 is 2.33 bits per heavy atom. The first kappa shape index (κ1) is 19.6. The highest BCUT2D eigenvalue weighted by atomic mass is 16.2. The molecule has 0 radical (unpaired) electrons. The van der Waals surface area contributed by atoms with Crippen LogP contribution in [-0.2, 0) is 20.6 Å². The Hall–Kier alpha value is -3.68. The Balaban J connectivity index is 1.97. The zero-order chi connectivity index (χ0) is 21.6. The highest BCUT2D eigenvalue weighted by Gasteiger charge is 2.22. The van der Waals surface area contributed by atoms with Crippen LogP contribution in [0, 0.1) is 20.8 Å². The van der Waals surface area contributed by atoms with Gasteiger partial charge in [0.25, 0.3) is 5.56 Å². The molecule has 0 N–H and O–H groups in total. The fourth-order valence-electron chi connectivity index (χ4n) is 3.54. The van der Waals surface area contributed by atoms with E-state index in [4.69, 9.17) is 0 Å². The molecule has 0 unspecified atom stereocenters. The quantitative estimate of drug-likeness (QED) is 0.523. The summed E-state index contributed by atoms with van der Waals surface area (Å²) in [4.78, 5) is 30.1. The minimum absolute atomic E-state index is 0.344. The average molecular weight is 404 g/mol. The number of benzene rings is 1. The molecule has 0 spiro atoms. The number of hydrogen-bond acceptors (Lipinski definition) is 4. The van der Waals surface area contributed by atoms with Crippen molar-refractivity contribution in [3.8, 4) is 5.95 Å². The number of allylic oxidation sites excluding steroid dienone is 1. The summed E-state index contributed by atoms with van der Waals surface area (Å²) in [5.41, 5.74) is 3.90. The summed E-state index contributed by atoms with van der Waals surface area (Å²) < 4.78 is 6.06. The molecule has 0 aliphatic heterocycles. The van der Waals surface area contributed by atoms with E-state index < -0.39 is 5.69 Å². The van der Waals surface area contributed by atoms with E-state index in [-0.39, 0.29) is 5.56 Å². The number of hydrogen-bond donors (Lipinski definition) is 0. The molecule has 0 aliphatic rings. The third-order valence-electron chi connectivity index (χ3n) is 5.57. The largest absolute Gasteiger partial charge is 0.332 e. The van der Waals surface area contributed by atoms with E-state index in [0.29, 0.717) is 23.7 Å². The summed E-state index contributed by atoms with van der Waals surface area (Å²) >= 11 is 0. The predicted molar refractivity (Wildman–Crippen MR) is 117 cm³/mol. The summed E-state index contributed by atoms with van der Waals surface area (Å²) in [5, 5.41) is 4.62. The zero-order valence-corrected chi connectivity index (χ0v) is 17.7. The molecular weight excluding hydrogens is 380 g/mol. The van der Waals surface area contributed by atoms with E-state index in [1.165, 1.54) is 11.6 Å². The van der Waals surface area contributed by atoms with Gasteiger partial charge in [-0.1, -0.05) is 42.5 Å². The molecule has 0 fully saturated rings. The van der Waals surface area contributed by atoms with Crippen LogP contribution in [0.15, 0.2) is 46.0 Å². The van der Waals surface area contributed by atoms with Crippen molar-refractivity contribution in [1.29, 1.82) is 0 Å². The van der Waals surface area contributed by atoms with Gasteiger partial charge < -0.3 is 0 Å². The van der Waals surface area contributed by atoms with Gasteiger partial charge in [0.2, 0.25) is 5.95 Å². The molecule has 1 aromatic carbocycles. The molecule has 154 valence electrons. The Bertz CT molecular complexity index is 1400. The van der Waals surface area contributed by atoms with Gasteiger partial charge in [-0.3, -0.25) is 18.5 Å². The van der Waals surface area contributed by atoms with Crippen LogP contribution in [0.2, 0.25) is 0 Å². The molecule has 0 saturated carbocycles. The maximum atomic E-state index is 13.0. The average Bonchev–Trinajstić information content (AvgIpc) is 3.24. The van der Waals surface area contributed by atoms with Gasteiger partial charge in [-0.2, -0.15) is 10.1 Å². The van der Waals surface area contributed by atoms with Crippen LogP contribution < -0.4 is 11.2 Å². The maximum absolute atomic E-state index is 13.0. The Morgan fingerprint density at radius 1 is 1.00 bits per heavy atom. The molecule has 30 heavy (non-hydrogen) atoms. The van der Waals surface area contributed by atoms with Crippen molar-refractivity contribution in [1.82, 2.24) is 28.5 Å². The van der Waals surface area contributed by atoms with Gasteiger partial charge >= 0.3 is 5.69 Å². The lowest BCUT2D eigenvalue weighted by molar-refractivity contribution is 0.696. The number of aryl methyl sites for hydroxylation is 2. The normalized spacial score (nSPS) is 11.8. The number of aromatic nitrogens is 6. The third-order valence-corrected chi connectivity index (χ3v) is 5.57. The van der Waals surface area contributed by atoms with E-state index in [0.717, 1.165) is 27.1 Å². The van der Waals surface area contributed by atoms with Crippen molar-refractivity contribution < 1.29 is 0 Å². The van der Waals surface area contributed by atoms with Crippen molar-refractivity contribution in [2.75, 3.05) is 0 Å². The summed E-state index contributed by atoms with van der Waals surface area (Å²) in [5.74, 6) is 0.509. The highest BCUT2D eigenvalue weighted by molar-refractivity contribution is 5.73. The molecular formula is C22H24N6O2. The second kappa shape index (κ2) is 7.29. The zero-order valence-electron chi connectivity index (χ0n) is 17.7. The minimum atomic E-state index is -0.409. The molecule has 3 aromatic heterocycles. The van der Waals surface area contributed by atoms with Crippen molar-refractivity contribution in [3.05, 3.63) is 79.8 Å². The van der Waals surface area contributed by atoms with E-state index in [1.54, 1.807) is 11.7 Å². The number of fused-ring (bicyclic) bond motifs is 1. The van der Waals surface area contributed by atoms with E-state index >= 15 is 0 Å². The molecule has 0 amide bonds. The SMILES string of the molecule is Cc1nn(-c2nc3c(c(=O)n(C)c(=O)n3C)n2C/C=C/c2ccccc2)c(C)c1C. The van der Waals surface area contributed by atoms with Gasteiger partial charge in [0.1, 0.15) is 0 Å². The standard InChI is InChI=1S/C22H24N6O2/c1-14-15(2)24-28(16(14)3)21-23-19-18(20(29)26(5)22(30)25(19)4)27(21)13-9-12-17-10-7-6-8-11-17/h6-12H,13H2,1-5H3/b12-9+. The number of rotatable bonds is 4. The van der Waals surface area contributed by atoms with Crippen LogP contribution in [0.3, 0.4) is 0 Å². The third kappa shape index (κ3) is 3.01. The fourth-order valence-corrected chi connectivity index (χ4v) is 3.54. The Labute approximate surface area is 173 Å². The second-order valence-electron chi connectivity index (χ2n) is 7.42. The number of nitrogens with zero attached hydrogens (tertiary/aromatic N) is 6. The fraction of sp³-hybridized carbons (Fsp3) is 0.273.